The molecule has 9 heteroatoms. The van der Waals surface area contributed by atoms with Gasteiger partial charge < -0.3 is 9.80 Å². The average Bonchev–Trinajstić information content (AvgIpc) is 3.55. The van der Waals surface area contributed by atoms with Gasteiger partial charge in [-0.15, -0.1) is 11.3 Å². The summed E-state index contributed by atoms with van der Waals surface area (Å²) in [6.07, 6.45) is 3.35. The highest BCUT2D eigenvalue weighted by Crippen LogP contribution is 2.26. The third-order valence-corrected chi connectivity index (χ3v) is 6.84. The number of piperazine rings is 1. The molecule has 1 aromatic carbocycles. The molecule has 174 valence electrons. The molecule has 4 heterocycles. The molecule has 5 rings (SSSR count). The number of halogens is 1. The first-order valence-electron chi connectivity index (χ1n) is 11.3. The van der Waals surface area contributed by atoms with Gasteiger partial charge in [-0.1, -0.05) is 19.9 Å². The Kier molecular flexibility index (Phi) is 6.10. The highest BCUT2D eigenvalue weighted by molar-refractivity contribution is 7.13. The van der Waals surface area contributed by atoms with Crippen LogP contribution in [-0.2, 0) is 0 Å². The lowest BCUT2D eigenvalue weighted by Gasteiger charge is -2.36. The second-order valence-electron chi connectivity index (χ2n) is 8.48. The Morgan fingerprint density at radius 1 is 1.06 bits per heavy atom. The van der Waals surface area contributed by atoms with E-state index in [1.165, 1.54) is 12.1 Å². The second-order valence-corrected chi connectivity index (χ2v) is 9.43. The van der Waals surface area contributed by atoms with Gasteiger partial charge in [0.25, 0.3) is 11.9 Å². The number of benzene rings is 1. The van der Waals surface area contributed by atoms with Gasteiger partial charge in [0.2, 0.25) is 0 Å². The molecule has 1 saturated heterocycles. The van der Waals surface area contributed by atoms with Gasteiger partial charge in [-0.3, -0.25) is 4.79 Å². The van der Waals surface area contributed by atoms with Gasteiger partial charge in [0.15, 0.2) is 0 Å². The minimum atomic E-state index is -0.249. The van der Waals surface area contributed by atoms with Gasteiger partial charge in [0, 0.05) is 38.1 Å². The van der Waals surface area contributed by atoms with E-state index in [-0.39, 0.29) is 17.6 Å². The zero-order valence-electron chi connectivity index (χ0n) is 19.1. The molecule has 7 nitrogen and oxygen atoms in total. The molecule has 0 bridgehead atoms. The van der Waals surface area contributed by atoms with Crippen LogP contribution in [0, 0.1) is 5.82 Å². The summed E-state index contributed by atoms with van der Waals surface area (Å²) >= 11 is 1.62. The number of hydrogen-bond donors (Lipinski definition) is 0. The van der Waals surface area contributed by atoms with Gasteiger partial charge in [-0.25, -0.2) is 19.0 Å². The molecule has 1 amide bonds. The minimum Gasteiger partial charge on any atom is -0.368 e. The van der Waals surface area contributed by atoms with Crippen molar-refractivity contribution in [1.82, 2.24) is 24.6 Å². The number of thiophene rings is 1. The predicted octanol–water partition coefficient (Wildman–Crippen LogP) is 4.62. The van der Waals surface area contributed by atoms with E-state index in [0.29, 0.717) is 37.7 Å². The van der Waals surface area contributed by atoms with Crippen LogP contribution in [0.3, 0.4) is 0 Å². The number of aromatic nitrogens is 4. The monoisotopic (exact) mass is 476 g/mol. The van der Waals surface area contributed by atoms with Gasteiger partial charge in [-0.2, -0.15) is 5.10 Å². The molecule has 0 radical (unpaired) electrons. The standard InChI is InChI=1S/C25H25FN6OS/c1-17(2)23-20(16-28-32(23)25-27-10-9-21(29-25)22-4-3-15-34-22)24(33)31-13-11-30(12-14-31)19-7-5-18(26)6-8-19/h3-10,15-17H,11-14H2,1-2H3. The zero-order chi connectivity index (χ0) is 23.7. The lowest BCUT2D eigenvalue weighted by Crippen LogP contribution is -2.49. The average molecular weight is 477 g/mol. The molecule has 1 aliphatic heterocycles. The van der Waals surface area contributed by atoms with Gasteiger partial charge in [0.05, 0.1) is 28.0 Å². The molecule has 0 saturated carbocycles. The molecular weight excluding hydrogens is 451 g/mol. The van der Waals surface area contributed by atoms with Gasteiger partial charge in [-0.05, 0) is 47.7 Å². The summed E-state index contributed by atoms with van der Waals surface area (Å²) in [6, 6.07) is 12.4. The van der Waals surface area contributed by atoms with E-state index in [1.807, 2.05) is 42.3 Å². The largest absolute Gasteiger partial charge is 0.368 e. The number of hydrogen-bond acceptors (Lipinski definition) is 6. The fraction of sp³-hybridized carbons (Fsp3) is 0.280. The van der Waals surface area contributed by atoms with Crippen LogP contribution in [0.25, 0.3) is 16.5 Å². The van der Waals surface area contributed by atoms with E-state index < -0.39 is 0 Å². The number of anilines is 1. The number of carbonyl (C=O) groups excluding carboxylic acids is 1. The predicted molar refractivity (Wildman–Crippen MR) is 131 cm³/mol. The first kappa shape index (κ1) is 22.2. The summed E-state index contributed by atoms with van der Waals surface area (Å²) in [7, 11) is 0. The molecule has 34 heavy (non-hydrogen) atoms. The molecule has 0 spiro atoms. The Hall–Kier alpha value is -3.59. The SMILES string of the molecule is CC(C)c1c(C(=O)N2CCN(c3ccc(F)cc3)CC2)cnn1-c1nccc(-c2cccs2)n1. The molecule has 4 aromatic rings. The summed E-state index contributed by atoms with van der Waals surface area (Å²) in [5.41, 5.74) is 3.17. The van der Waals surface area contributed by atoms with Crippen molar-refractivity contribution in [2.45, 2.75) is 19.8 Å². The van der Waals surface area contributed by atoms with Crippen molar-refractivity contribution in [3.63, 3.8) is 0 Å². The highest BCUT2D eigenvalue weighted by atomic mass is 32.1. The molecule has 3 aromatic heterocycles. The maximum atomic E-state index is 13.5. The van der Waals surface area contributed by atoms with E-state index in [0.717, 1.165) is 22.0 Å². The van der Waals surface area contributed by atoms with E-state index >= 15 is 0 Å². The zero-order valence-corrected chi connectivity index (χ0v) is 19.9. The van der Waals surface area contributed by atoms with Crippen molar-refractivity contribution in [1.29, 1.82) is 0 Å². The molecular formula is C25H25FN6OS. The third-order valence-electron chi connectivity index (χ3n) is 5.95. The fourth-order valence-corrected chi connectivity index (χ4v) is 4.93. The van der Waals surface area contributed by atoms with E-state index in [4.69, 9.17) is 4.98 Å². The first-order valence-corrected chi connectivity index (χ1v) is 12.1. The molecule has 0 N–H and O–H groups in total. The van der Waals surface area contributed by atoms with Crippen LogP contribution < -0.4 is 4.90 Å². The topological polar surface area (TPSA) is 67.2 Å². The lowest BCUT2D eigenvalue weighted by atomic mass is 10.0. The van der Waals surface area contributed by atoms with Crippen molar-refractivity contribution in [3.8, 4) is 16.5 Å². The summed E-state index contributed by atoms with van der Waals surface area (Å²) in [5, 5.41) is 6.53. The Morgan fingerprint density at radius 2 is 1.82 bits per heavy atom. The molecule has 0 unspecified atom stereocenters. The lowest BCUT2D eigenvalue weighted by molar-refractivity contribution is 0.0745. The Morgan fingerprint density at radius 3 is 2.50 bits per heavy atom. The number of rotatable bonds is 5. The fourth-order valence-electron chi connectivity index (χ4n) is 4.24. The Balaban J connectivity index is 1.37. The van der Waals surface area contributed by atoms with E-state index in [9.17, 15) is 9.18 Å². The third kappa shape index (κ3) is 4.31. The summed E-state index contributed by atoms with van der Waals surface area (Å²) in [6.45, 7) is 6.63. The van der Waals surface area contributed by atoms with Crippen LogP contribution in [0.5, 0.6) is 0 Å². The first-order chi connectivity index (χ1) is 16.5. The summed E-state index contributed by atoms with van der Waals surface area (Å²) in [5.74, 6) is 0.217. The van der Waals surface area contributed by atoms with Crippen molar-refractivity contribution in [2.75, 3.05) is 31.1 Å². The van der Waals surface area contributed by atoms with Crippen LogP contribution in [0.15, 0.2) is 60.2 Å². The van der Waals surface area contributed by atoms with Gasteiger partial charge in [0.1, 0.15) is 5.82 Å². The Labute approximate surface area is 201 Å². The van der Waals surface area contributed by atoms with Crippen molar-refractivity contribution >= 4 is 22.9 Å². The van der Waals surface area contributed by atoms with E-state index in [1.54, 1.807) is 40.5 Å². The normalized spacial score (nSPS) is 14.1. The highest BCUT2D eigenvalue weighted by Gasteiger charge is 2.28. The van der Waals surface area contributed by atoms with Crippen LogP contribution >= 0.6 is 11.3 Å². The van der Waals surface area contributed by atoms with Crippen molar-refractivity contribution < 1.29 is 9.18 Å². The van der Waals surface area contributed by atoms with Crippen LogP contribution in [0.4, 0.5) is 10.1 Å². The quantitative estimate of drug-likeness (QED) is 0.421. The smallest absolute Gasteiger partial charge is 0.257 e. The van der Waals surface area contributed by atoms with Crippen molar-refractivity contribution in [2.24, 2.45) is 0 Å². The number of amides is 1. The van der Waals surface area contributed by atoms with Crippen molar-refractivity contribution in [3.05, 3.63) is 77.3 Å². The van der Waals surface area contributed by atoms with Gasteiger partial charge >= 0.3 is 0 Å². The number of carbonyl (C=O) groups is 1. The van der Waals surface area contributed by atoms with Crippen LogP contribution in [-0.4, -0.2) is 56.7 Å². The van der Waals surface area contributed by atoms with Crippen LogP contribution in [0.2, 0.25) is 0 Å². The maximum absolute atomic E-state index is 13.5. The van der Waals surface area contributed by atoms with E-state index in [2.05, 4.69) is 15.0 Å². The van der Waals surface area contributed by atoms with Crippen LogP contribution in [0.1, 0.15) is 35.8 Å². The summed E-state index contributed by atoms with van der Waals surface area (Å²) < 4.78 is 14.9. The molecule has 0 aliphatic carbocycles. The summed E-state index contributed by atoms with van der Waals surface area (Å²) in [4.78, 5) is 27.7. The maximum Gasteiger partial charge on any atom is 0.257 e. The molecule has 0 atom stereocenters. The Bertz CT molecular complexity index is 1280. The number of nitrogens with zero attached hydrogens (tertiary/aromatic N) is 6. The molecule has 1 fully saturated rings. The minimum absolute atomic E-state index is 0.0388. The molecule has 1 aliphatic rings. The second kappa shape index (κ2) is 9.34.